The molecule has 2 aromatic carbocycles. The molecule has 0 radical (unpaired) electrons. The first kappa shape index (κ1) is 16.9. The van der Waals surface area contributed by atoms with Gasteiger partial charge < -0.3 is 9.64 Å². The van der Waals surface area contributed by atoms with Crippen LogP contribution in [0.25, 0.3) is 6.08 Å². The van der Waals surface area contributed by atoms with Gasteiger partial charge in [0.25, 0.3) is 5.91 Å². The van der Waals surface area contributed by atoms with Gasteiger partial charge in [-0.1, -0.05) is 48.5 Å². The van der Waals surface area contributed by atoms with Crippen molar-refractivity contribution in [3.05, 3.63) is 71.3 Å². The number of hydrogen-bond donors (Lipinski definition) is 0. The van der Waals surface area contributed by atoms with Crippen LogP contribution < -0.4 is 4.74 Å². The Labute approximate surface area is 154 Å². The van der Waals surface area contributed by atoms with Gasteiger partial charge in [-0.25, -0.2) is 0 Å². The zero-order valence-corrected chi connectivity index (χ0v) is 14.9. The molecule has 4 rings (SSSR count). The van der Waals surface area contributed by atoms with Crippen molar-refractivity contribution in [1.29, 1.82) is 0 Å². The molecule has 0 bridgehead atoms. The van der Waals surface area contributed by atoms with Crippen LogP contribution in [-0.2, 0) is 11.2 Å². The Balaban J connectivity index is 1.31. The minimum absolute atomic E-state index is 0.113. The van der Waals surface area contributed by atoms with Crippen molar-refractivity contribution < 1.29 is 9.53 Å². The molecule has 0 aromatic heterocycles. The standard InChI is InChI=1S/C22H24N2O2/c25-22(20-16-19-8-4-5-9-21(19)26-17-20)24-14-12-23(13-15-24)11-10-18-6-2-1-3-7-18/h1-9,16H,10-15,17H2. The second kappa shape index (κ2) is 7.75. The number of hydrogen-bond acceptors (Lipinski definition) is 3. The predicted molar refractivity (Wildman–Crippen MR) is 103 cm³/mol. The maximum atomic E-state index is 12.8. The van der Waals surface area contributed by atoms with Crippen LogP contribution in [0.5, 0.6) is 5.75 Å². The lowest BCUT2D eigenvalue weighted by Crippen LogP contribution is -2.49. The minimum atomic E-state index is 0.113. The van der Waals surface area contributed by atoms with Gasteiger partial charge in [0.05, 0.1) is 5.57 Å². The first-order valence-electron chi connectivity index (χ1n) is 9.27. The topological polar surface area (TPSA) is 32.8 Å². The van der Waals surface area contributed by atoms with Gasteiger partial charge in [0, 0.05) is 38.3 Å². The normalized spacial score (nSPS) is 17.2. The molecule has 2 heterocycles. The van der Waals surface area contributed by atoms with Crippen LogP contribution in [-0.4, -0.2) is 55.0 Å². The summed E-state index contributed by atoms with van der Waals surface area (Å²) in [6.45, 7) is 4.85. The number of rotatable bonds is 4. The molecule has 4 nitrogen and oxygen atoms in total. The number of para-hydroxylation sites is 1. The van der Waals surface area contributed by atoms with Gasteiger partial charge >= 0.3 is 0 Å². The summed E-state index contributed by atoms with van der Waals surface area (Å²) in [7, 11) is 0. The molecule has 0 atom stereocenters. The SMILES string of the molecule is O=C(C1=Cc2ccccc2OC1)N1CCN(CCc2ccccc2)CC1. The molecule has 0 N–H and O–H groups in total. The Hall–Kier alpha value is -2.59. The van der Waals surface area contributed by atoms with Crippen molar-refractivity contribution in [3.8, 4) is 5.75 Å². The van der Waals surface area contributed by atoms with Crippen LogP contribution in [0.2, 0.25) is 0 Å². The highest BCUT2D eigenvalue weighted by Gasteiger charge is 2.25. The molecule has 134 valence electrons. The van der Waals surface area contributed by atoms with Crippen molar-refractivity contribution in [1.82, 2.24) is 9.80 Å². The zero-order chi connectivity index (χ0) is 17.8. The van der Waals surface area contributed by atoms with E-state index in [1.807, 2.05) is 35.2 Å². The molecule has 0 aliphatic carbocycles. The van der Waals surface area contributed by atoms with Crippen molar-refractivity contribution in [2.24, 2.45) is 0 Å². The highest BCUT2D eigenvalue weighted by atomic mass is 16.5. The third-order valence-corrected chi connectivity index (χ3v) is 5.13. The van der Waals surface area contributed by atoms with Crippen LogP contribution in [0.3, 0.4) is 0 Å². The molecular weight excluding hydrogens is 324 g/mol. The van der Waals surface area contributed by atoms with Crippen molar-refractivity contribution in [2.75, 3.05) is 39.3 Å². The van der Waals surface area contributed by atoms with Crippen LogP contribution in [0.4, 0.5) is 0 Å². The summed E-state index contributed by atoms with van der Waals surface area (Å²) in [5.74, 6) is 0.969. The predicted octanol–water partition coefficient (Wildman–Crippen LogP) is 2.85. The molecule has 0 unspecified atom stereocenters. The number of carbonyl (C=O) groups excluding carboxylic acids is 1. The average molecular weight is 348 g/mol. The zero-order valence-electron chi connectivity index (χ0n) is 14.9. The smallest absolute Gasteiger partial charge is 0.253 e. The third kappa shape index (κ3) is 3.81. The Bertz CT molecular complexity index is 793. The van der Waals surface area contributed by atoms with Crippen LogP contribution >= 0.6 is 0 Å². The Morgan fingerprint density at radius 1 is 0.923 bits per heavy atom. The molecule has 1 amide bonds. The molecule has 2 aliphatic heterocycles. The fourth-order valence-corrected chi connectivity index (χ4v) is 3.55. The molecule has 4 heteroatoms. The summed E-state index contributed by atoms with van der Waals surface area (Å²) in [6, 6.07) is 18.4. The maximum Gasteiger partial charge on any atom is 0.253 e. The van der Waals surface area contributed by atoms with E-state index in [0.717, 1.165) is 56.0 Å². The summed E-state index contributed by atoms with van der Waals surface area (Å²) in [6.07, 6.45) is 3.04. The van der Waals surface area contributed by atoms with Gasteiger partial charge in [-0.3, -0.25) is 9.69 Å². The first-order valence-corrected chi connectivity index (χ1v) is 9.27. The van der Waals surface area contributed by atoms with E-state index in [0.29, 0.717) is 6.61 Å². The highest BCUT2D eigenvalue weighted by molar-refractivity contribution is 5.99. The van der Waals surface area contributed by atoms with E-state index < -0.39 is 0 Å². The molecule has 1 saturated heterocycles. The second-order valence-corrected chi connectivity index (χ2v) is 6.87. The average Bonchev–Trinajstić information content (AvgIpc) is 2.72. The van der Waals surface area contributed by atoms with E-state index >= 15 is 0 Å². The molecule has 0 spiro atoms. The van der Waals surface area contributed by atoms with Crippen molar-refractivity contribution in [3.63, 3.8) is 0 Å². The molecule has 26 heavy (non-hydrogen) atoms. The maximum absolute atomic E-state index is 12.8. The summed E-state index contributed by atoms with van der Waals surface area (Å²) in [5, 5.41) is 0. The molecular formula is C22H24N2O2. The largest absolute Gasteiger partial charge is 0.488 e. The van der Waals surface area contributed by atoms with Gasteiger partial charge in [-0.05, 0) is 24.1 Å². The summed E-state index contributed by atoms with van der Waals surface area (Å²) in [4.78, 5) is 17.2. The summed E-state index contributed by atoms with van der Waals surface area (Å²) in [5.41, 5.74) is 3.11. The first-order chi connectivity index (χ1) is 12.8. The fraction of sp³-hybridized carbons (Fsp3) is 0.318. The Morgan fingerprint density at radius 2 is 1.65 bits per heavy atom. The lowest BCUT2D eigenvalue weighted by molar-refractivity contribution is -0.129. The van der Waals surface area contributed by atoms with Gasteiger partial charge in [0.1, 0.15) is 12.4 Å². The molecule has 2 aliphatic rings. The van der Waals surface area contributed by atoms with E-state index in [4.69, 9.17) is 4.74 Å². The molecule has 2 aromatic rings. The quantitative estimate of drug-likeness (QED) is 0.852. The van der Waals surface area contributed by atoms with Gasteiger partial charge in [-0.2, -0.15) is 0 Å². The number of nitrogens with zero attached hydrogens (tertiary/aromatic N) is 2. The van der Waals surface area contributed by atoms with Crippen LogP contribution in [0.1, 0.15) is 11.1 Å². The van der Waals surface area contributed by atoms with Crippen LogP contribution in [0, 0.1) is 0 Å². The lowest BCUT2D eigenvalue weighted by atomic mass is 10.1. The van der Waals surface area contributed by atoms with Crippen molar-refractivity contribution in [2.45, 2.75) is 6.42 Å². The van der Waals surface area contributed by atoms with Gasteiger partial charge in [-0.15, -0.1) is 0 Å². The van der Waals surface area contributed by atoms with Gasteiger partial charge in [0.2, 0.25) is 0 Å². The minimum Gasteiger partial charge on any atom is -0.488 e. The summed E-state index contributed by atoms with van der Waals surface area (Å²) >= 11 is 0. The molecule has 1 fully saturated rings. The van der Waals surface area contributed by atoms with E-state index in [1.54, 1.807) is 0 Å². The third-order valence-electron chi connectivity index (χ3n) is 5.13. The van der Waals surface area contributed by atoms with E-state index in [9.17, 15) is 4.79 Å². The Kier molecular flexibility index (Phi) is 5.02. The van der Waals surface area contributed by atoms with E-state index in [2.05, 4.69) is 35.2 Å². The van der Waals surface area contributed by atoms with Crippen LogP contribution in [0.15, 0.2) is 60.2 Å². The number of ether oxygens (including phenoxy) is 1. The summed E-state index contributed by atoms with van der Waals surface area (Å²) < 4.78 is 5.73. The van der Waals surface area contributed by atoms with Gasteiger partial charge in [0.15, 0.2) is 0 Å². The molecule has 0 saturated carbocycles. The highest BCUT2D eigenvalue weighted by Crippen LogP contribution is 2.26. The van der Waals surface area contributed by atoms with E-state index in [1.165, 1.54) is 5.56 Å². The number of amides is 1. The lowest BCUT2D eigenvalue weighted by Gasteiger charge is -2.35. The fourth-order valence-electron chi connectivity index (χ4n) is 3.55. The Morgan fingerprint density at radius 3 is 2.46 bits per heavy atom. The number of benzene rings is 2. The second-order valence-electron chi connectivity index (χ2n) is 6.87. The monoisotopic (exact) mass is 348 g/mol. The van der Waals surface area contributed by atoms with Crippen molar-refractivity contribution >= 4 is 12.0 Å². The number of fused-ring (bicyclic) bond motifs is 1. The number of carbonyl (C=O) groups is 1. The van der Waals surface area contributed by atoms with E-state index in [-0.39, 0.29) is 5.91 Å². The number of piperazine rings is 1.